The maximum Gasteiger partial charge on any atom is 0.273 e. The average molecular weight is 307 g/mol. The molecule has 0 radical (unpaired) electrons. The highest BCUT2D eigenvalue weighted by atomic mass is 32.1. The second-order valence-electron chi connectivity index (χ2n) is 4.74. The maximum atomic E-state index is 12.0. The van der Waals surface area contributed by atoms with E-state index >= 15 is 0 Å². The summed E-state index contributed by atoms with van der Waals surface area (Å²) >= 11 is 1.71. The summed E-state index contributed by atoms with van der Waals surface area (Å²) in [5, 5.41) is 14.9. The molecule has 1 amide bonds. The van der Waals surface area contributed by atoms with Gasteiger partial charge < -0.3 is 10.1 Å². The summed E-state index contributed by atoms with van der Waals surface area (Å²) in [6.45, 7) is 3.77. The van der Waals surface area contributed by atoms with Gasteiger partial charge in [0.25, 0.3) is 5.91 Å². The Morgan fingerprint density at radius 3 is 3.05 bits per heavy atom. The van der Waals surface area contributed by atoms with Crippen molar-refractivity contribution in [1.29, 1.82) is 0 Å². The Kier molecular flexibility index (Phi) is 4.59. The van der Waals surface area contributed by atoms with Gasteiger partial charge in [0.15, 0.2) is 5.69 Å². The average Bonchev–Trinajstić information content (AvgIpc) is 3.22. The summed E-state index contributed by atoms with van der Waals surface area (Å²) in [4.78, 5) is 15.6. The standard InChI is InChI=1S/C13H17N5O2S/c19-13(10-8-15-17-16-10)14-9-11(12-2-1-7-21-12)18-3-5-20-6-4-18/h1-2,7-8,11H,3-6,9H2,(H,14,19)(H,15,16,17). The van der Waals surface area contributed by atoms with E-state index in [0.717, 1.165) is 26.3 Å². The number of ether oxygens (including phenoxy) is 1. The van der Waals surface area contributed by atoms with Gasteiger partial charge in [0.2, 0.25) is 0 Å². The number of carbonyl (C=O) groups is 1. The molecule has 3 heterocycles. The Morgan fingerprint density at radius 2 is 2.38 bits per heavy atom. The van der Waals surface area contributed by atoms with Gasteiger partial charge in [-0.25, -0.2) is 0 Å². The number of H-pyrrole nitrogens is 1. The lowest BCUT2D eigenvalue weighted by Crippen LogP contribution is -2.43. The van der Waals surface area contributed by atoms with E-state index in [-0.39, 0.29) is 11.9 Å². The van der Waals surface area contributed by atoms with Crippen molar-refractivity contribution in [2.24, 2.45) is 0 Å². The molecular formula is C13H17N5O2S. The molecule has 0 saturated carbocycles. The first-order valence-electron chi connectivity index (χ1n) is 6.84. The number of aromatic nitrogens is 3. The number of hydrogen-bond acceptors (Lipinski definition) is 6. The zero-order valence-corrected chi connectivity index (χ0v) is 12.3. The molecule has 1 aliphatic heterocycles. The van der Waals surface area contributed by atoms with Crippen LogP contribution in [0.5, 0.6) is 0 Å². The molecule has 2 aromatic rings. The van der Waals surface area contributed by atoms with Gasteiger partial charge in [-0.2, -0.15) is 15.4 Å². The lowest BCUT2D eigenvalue weighted by atomic mass is 10.2. The summed E-state index contributed by atoms with van der Waals surface area (Å²) < 4.78 is 5.40. The van der Waals surface area contributed by atoms with Crippen LogP contribution in [0.2, 0.25) is 0 Å². The third kappa shape index (κ3) is 3.46. The Bertz CT molecular complexity index is 551. The molecule has 2 aromatic heterocycles. The topological polar surface area (TPSA) is 83.1 Å². The van der Waals surface area contributed by atoms with Crippen LogP contribution in [-0.2, 0) is 4.74 Å². The number of nitrogens with one attached hydrogen (secondary N) is 2. The largest absolute Gasteiger partial charge is 0.379 e. The van der Waals surface area contributed by atoms with E-state index in [1.807, 2.05) is 6.07 Å². The number of thiophene rings is 1. The molecule has 1 aliphatic rings. The van der Waals surface area contributed by atoms with Crippen molar-refractivity contribution in [3.8, 4) is 0 Å². The number of carbonyl (C=O) groups excluding carboxylic acids is 1. The van der Waals surface area contributed by atoms with Gasteiger partial charge in [-0.1, -0.05) is 6.07 Å². The number of amides is 1. The van der Waals surface area contributed by atoms with Crippen LogP contribution in [0, 0.1) is 0 Å². The van der Waals surface area contributed by atoms with Gasteiger partial charge in [0.1, 0.15) is 0 Å². The highest BCUT2D eigenvalue weighted by Crippen LogP contribution is 2.25. The Morgan fingerprint density at radius 1 is 1.52 bits per heavy atom. The van der Waals surface area contributed by atoms with Crippen LogP contribution in [0.3, 0.4) is 0 Å². The lowest BCUT2D eigenvalue weighted by molar-refractivity contribution is 0.0169. The first kappa shape index (κ1) is 14.2. The Labute approximate surface area is 126 Å². The van der Waals surface area contributed by atoms with Gasteiger partial charge in [0, 0.05) is 24.5 Å². The molecule has 0 aliphatic carbocycles. The number of nitrogens with zero attached hydrogens (tertiary/aromatic N) is 3. The first-order valence-corrected chi connectivity index (χ1v) is 7.72. The van der Waals surface area contributed by atoms with Gasteiger partial charge in [0.05, 0.1) is 25.5 Å². The molecule has 1 unspecified atom stereocenters. The molecule has 8 heteroatoms. The molecule has 21 heavy (non-hydrogen) atoms. The number of morpholine rings is 1. The van der Waals surface area contributed by atoms with E-state index in [0.29, 0.717) is 12.2 Å². The molecule has 0 aromatic carbocycles. The van der Waals surface area contributed by atoms with Gasteiger partial charge in [-0.3, -0.25) is 9.69 Å². The molecule has 3 rings (SSSR count). The highest BCUT2D eigenvalue weighted by molar-refractivity contribution is 7.10. The zero-order chi connectivity index (χ0) is 14.5. The smallest absolute Gasteiger partial charge is 0.273 e. The van der Waals surface area contributed by atoms with Crippen LogP contribution >= 0.6 is 11.3 Å². The van der Waals surface area contributed by atoms with Gasteiger partial charge in [-0.05, 0) is 11.4 Å². The Hall–Kier alpha value is -1.77. The van der Waals surface area contributed by atoms with Crippen molar-refractivity contribution in [2.75, 3.05) is 32.8 Å². The predicted molar refractivity (Wildman–Crippen MR) is 78.2 cm³/mol. The van der Waals surface area contributed by atoms with E-state index < -0.39 is 0 Å². The second-order valence-corrected chi connectivity index (χ2v) is 5.72. The molecule has 112 valence electrons. The SMILES string of the molecule is O=C(NCC(c1cccs1)N1CCOCC1)c1cn[nH]n1. The minimum Gasteiger partial charge on any atom is -0.379 e. The van der Waals surface area contributed by atoms with Crippen LogP contribution in [-0.4, -0.2) is 59.1 Å². The van der Waals surface area contributed by atoms with Crippen molar-refractivity contribution < 1.29 is 9.53 Å². The number of rotatable bonds is 5. The number of hydrogen-bond donors (Lipinski definition) is 2. The van der Waals surface area contributed by atoms with Crippen molar-refractivity contribution in [3.63, 3.8) is 0 Å². The van der Waals surface area contributed by atoms with Crippen LogP contribution in [0.1, 0.15) is 21.4 Å². The maximum absolute atomic E-state index is 12.0. The van der Waals surface area contributed by atoms with Crippen LogP contribution < -0.4 is 5.32 Å². The van der Waals surface area contributed by atoms with E-state index in [2.05, 4.69) is 37.1 Å². The van der Waals surface area contributed by atoms with Crippen LogP contribution in [0.25, 0.3) is 0 Å². The molecule has 1 fully saturated rings. The first-order chi connectivity index (χ1) is 10.3. The number of aromatic amines is 1. The summed E-state index contributed by atoms with van der Waals surface area (Å²) in [7, 11) is 0. The monoisotopic (exact) mass is 307 g/mol. The predicted octanol–water partition coefficient (Wildman–Crippen LogP) is 0.669. The van der Waals surface area contributed by atoms with E-state index in [1.165, 1.54) is 11.1 Å². The third-order valence-corrected chi connectivity index (χ3v) is 4.44. The van der Waals surface area contributed by atoms with Gasteiger partial charge in [-0.15, -0.1) is 11.3 Å². The fourth-order valence-corrected chi connectivity index (χ4v) is 3.23. The highest BCUT2D eigenvalue weighted by Gasteiger charge is 2.24. The van der Waals surface area contributed by atoms with Crippen molar-refractivity contribution >= 4 is 17.2 Å². The summed E-state index contributed by atoms with van der Waals surface area (Å²) in [5.41, 5.74) is 0.307. The third-order valence-electron chi connectivity index (χ3n) is 3.46. The molecule has 1 saturated heterocycles. The van der Waals surface area contributed by atoms with Crippen LogP contribution in [0.15, 0.2) is 23.7 Å². The quantitative estimate of drug-likeness (QED) is 0.848. The summed E-state index contributed by atoms with van der Waals surface area (Å²) in [6, 6.07) is 4.31. The Balaban J connectivity index is 1.66. The molecule has 0 spiro atoms. The second kappa shape index (κ2) is 6.79. The normalized spacial score (nSPS) is 17.5. The molecule has 2 N–H and O–H groups in total. The summed E-state index contributed by atoms with van der Waals surface area (Å²) in [6.07, 6.45) is 1.42. The molecule has 1 atom stereocenters. The lowest BCUT2D eigenvalue weighted by Gasteiger charge is -2.34. The van der Waals surface area contributed by atoms with Crippen molar-refractivity contribution in [2.45, 2.75) is 6.04 Å². The molecular weight excluding hydrogens is 290 g/mol. The van der Waals surface area contributed by atoms with Gasteiger partial charge >= 0.3 is 0 Å². The zero-order valence-electron chi connectivity index (χ0n) is 11.5. The van der Waals surface area contributed by atoms with Crippen LogP contribution in [0.4, 0.5) is 0 Å². The van der Waals surface area contributed by atoms with E-state index in [9.17, 15) is 4.79 Å². The summed E-state index contributed by atoms with van der Waals surface area (Å²) in [5.74, 6) is -0.210. The van der Waals surface area contributed by atoms with Crippen molar-refractivity contribution in [1.82, 2.24) is 25.6 Å². The fraction of sp³-hybridized carbons (Fsp3) is 0.462. The minimum absolute atomic E-state index is 0.171. The van der Waals surface area contributed by atoms with E-state index in [4.69, 9.17) is 4.74 Å². The van der Waals surface area contributed by atoms with E-state index in [1.54, 1.807) is 11.3 Å². The molecule has 7 nitrogen and oxygen atoms in total. The fourth-order valence-electron chi connectivity index (χ4n) is 2.37. The van der Waals surface area contributed by atoms with Crippen molar-refractivity contribution in [3.05, 3.63) is 34.3 Å². The molecule has 0 bridgehead atoms. The minimum atomic E-state index is -0.210.